The summed E-state index contributed by atoms with van der Waals surface area (Å²) < 4.78 is 28.6. The van der Waals surface area contributed by atoms with E-state index in [1.54, 1.807) is 12.1 Å². The first-order valence-electron chi connectivity index (χ1n) is 6.12. The van der Waals surface area contributed by atoms with Gasteiger partial charge >= 0.3 is 0 Å². The van der Waals surface area contributed by atoms with Crippen LogP contribution in [0.5, 0.6) is 0 Å². The van der Waals surface area contributed by atoms with Crippen LogP contribution in [0.1, 0.15) is 10.5 Å². The van der Waals surface area contributed by atoms with Crippen molar-refractivity contribution in [2.24, 2.45) is 0 Å². The third kappa shape index (κ3) is 2.31. The third-order valence-corrected chi connectivity index (χ3v) is 2.99. The van der Waals surface area contributed by atoms with Gasteiger partial charge < -0.3 is 0 Å². The minimum Gasteiger partial charge on any atom is -0.296 e. The lowest BCUT2D eigenvalue weighted by Gasteiger charge is -2.08. The van der Waals surface area contributed by atoms with Crippen LogP contribution in [-0.2, 0) is 0 Å². The highest BCUT2D eigenvalue weighted by Gasteiger charge is 2.18. The summed E-state index contributed by atoms with van der Waals surface area (Å²) in [6.45, 7) is 0. The summed E-state index contributed by atoms with van der Waals surface area (Å²) in [5, 5.41) is 7.53. The van der Waals surface area contributed by atoms with Gasteiger partial charge in [-0.25, -0.2) is 13.5 Å². The largest absolute Gasteiger partial charge is 0.296 e. The minimum absolute atomic E-state index is 0.00985. The van der Waals surface area contributed by atoms with Crippen molar-refractivity contribution in [1.29, 1.82) is 0 Å². The SMILES string of the molecule is O=Cc1nnn(-c2cccc(F)c2)c1-c1ccccc1F. The molecule has 1 heterocycles. The van der Waals surface area contributed by atoms with Gasteiger partial charge in [-0.15, -0.1) is 5.10 Å². The Bertz CT molecular complexity index is 814. The number of aldehydes is 1. The van der Waals surface area contributed by atoms with Crippen molar-refractivity contribution in [3.63, 3.8) is 0 Å². The second-order valence-corrected chi connectivity index (χ2v) is 4.31. The van der Waals surface area contributed by atoms with E-state index in [9.17, 15) is 13.6 Å². The molecule has 0 aliphatic rings. The van der Waals surface area contributed by atoms with Gasteiger partial charge in [0.2, 0.25) is 0 Å². The Hall–Kier alpha value is -2.89. The normalized spacial score (nSPS) is 10.6. The molecule has 3 aromatic rings. The Balaban J connectivity index is 2.27. The first kappa shape index (κ1) is 13.1. The standard InChI is InChI=1S/C15H9F2N3O/c16-10-4-3-5-11(8-10)20-15(14(9-21)18-19-20)12-6-1-2-7-13(12)17/h1-9H. The number of aromatic nitrogens is 3. The molecule has 0 atom stereocenters. The number of hydrogen-bond donors (Lipinski definition) is 0. The van der Waals surface area contributed by atoms with Crippen LogP contribution in [0.3, 0.4) is 0 Å². The molecule has 104 valence electrons. The average molecular weight is 285 g/mol. The molecule has 3 rings (SSSR count). The zero-order chi connectivity index (χ0) is 14.8. The van der Waals surface area contributed by atoms with E-state index in [2.05, 4.69) is 10.3 Å². The Morgan fingerprint density at radius 1 is 1.05 bits per heavy atom. The Morgan fingerprint density at radius 2 is 1.86 bits per heavy atom. The number of rotatable bonds is 3. The summed E-state index contributed by atoms with van der Waals surface area (Å²) in [7, 11) is 0. The molecule has 0 N–H and O–H groups in total. The maximum absolute atomic E-state index is 14.0. The zero-order valence-electron chi connectivity index (χ0n) is 10.7. The molecule has 0 saturated heterocycles. The summed E-state index contributed by atoms with van der Waals surface area (Å²) >= 11 is 0. The van der Waals surface area contributed by atoms with Gasteiger partial charge in [0.15, 0.2) is 12.0 Å². The van der Waals surface area contributed by atoms with Crippen LogP contribution >= 0.6 is 0 Å². The van der Waals surface area contributed by atoms with Crippen LogP contribution in [0, 0.1) is 11.6 Å². The monoisotopic (exact) mass is 285 g/mol. The molecule has 0 saturated carbocycles. The second-order valence-electron chi connectivity index (χ2n) is 4.31. The topological polar surface area (TPSA) is 47.8 Å². The van der Waals surface area contributed by atoms with Gasteiger partial charge in [0.05, 0.1) is 5.69 Å². The molecule has 0 aliphatic heterocycles. The molecule has 0 fully saturated rings. The molecule has 4 nitrogen and oxygen atoms in total. The van der Waals surface area contributed by atoms with Crippen molar-refractivity contribution in [3.8, 4) is 16.9 Å². The molecule has 6 heteroatoms. The quantitative estimate of drug-likeness (QED) is 0.695. The van der Waals surface area contributed by atoms with Crippen LogP contribution < -0.4 is 0 Å². The van der Waals surface area contributed by atoms with E-state index in [1.165, 1.54) is 41.1 Å². The summed E-state index contributed by atoms with van der Waals surface area (Å²) in [4.78, 5) is 11.1. The Labute approximate surface area is 118 Å². The lowest BCUT2D eigenvalue weighted by molar-refractivity contribution is 0.111. The minimum atomic E-state index is -0.513. The van der Waals surface area contributed by atoms with E-state index in [0.29, 0.717) is 12.0 Å². The number of nitrogens with zero attached hydrogens (tertiary/aromatic N) is 3. The van der Waals surface area contributed by atoms with E-state index in [0.717, 1.165) is 0 Å². The van der Waals surface area contributed by atoms with Crippen LogP contribution in [0.4, 0.5) is 8.78 Å². The van der Waals surface area contributed by atoms with Crippen molar-refractivity contribution in [1.82, 2.24) is 15.0 Å². The number of halogens is 2. The van der Waals surface area contributed by atoms with Crippen LogP contribution in [0.15, 0.2) is 48.5 Å². The van der Waals surface area contributed by atoms with Crippen LogP contribution in [-0.4, -0.2) is 21.3 Å². The molecule has 0 aliphatic carbocycles. The highest BCUT2D eigenvalue weighted by molar-refractivity contribution is 5.84. The maximum Gasteiger partial charge on any atom is 0.172 e. The van der Waals surface area contributed by atoms with Crippen molar-refractivity contribution >= 4 is 6.29 Å². The zero-order valence-corrected chi connectivity index (χ0v) is 10.7. The van der Waals surface area contributed by atoms with Gasteiger partial charge in [-0.3, -0.25) is 4.79 Å². The molecule has 1 aromatic heterocycles. The van der Waals surface area contributed by atoms with Gasteiger partial charge in [-0.05, 0) is 30.3 Å². The summed E-state index contributed by atoms with van der Waals surface area (Å²) in [5.74, 6) is -0.976. The number of carbonyl (C=O) groups excluding carboxylic acids is 1. The molecular weight excluding hydrogens is 276 g/mol. The molecule has 0 spiro atoms. The smallest absolute Gasteiger partial charge is 0.172 e. The predicted octanol–water partition coefficient (Wildman–Crippen LogP) is 3.03. The van der Waals surface area contributed by atoms with Gasteiger partial charge in [-0.2, -0.15) is 0 Å². The predicted molar refractivity (Wildman–Crippen MR) is 72.1 cm³/mol. The first-order valence-corrected chi connectivity index (χ1v) is 6.12. The van der Waals surface area contributed by atoms with Gasteiger partial charge in [0, 0.05) is 5.56 Å². The van der Waals surface area contributed by atoms with Gasteiger partial charge in [0.1, 0.15) is 17.3 Å². The number of carbonyl (C=O) groups is 1. The van der Waals surface area contributed by atoms with E-state index in [1.807, 2.05) is 0 Å². The summed E-state index contributed by atoms with van der Waals surface area (Å²) in [6.07, 6.45) is 0.491. The van der Waals surface area contributed by atoms with Crippen LogP contribution in [0.25, 0.3) is 16.9 Å². The Kier molecular flexibility index (Phi) is 3.27. The molecule has 0 amide bonds. The molecule has 0 unspecified atom stereocenters. The van der Waals surface area contributed by atoms with Crippen LogP contribution in [0.2, 0.25) is 0 Å². The third-order valence-electron chi connectivity index (χ3n) is 2.99. The lowest BCUT2D eigenvalue weighted by Crippen LogP contribution is -2.01. The van der Waals surface area contributed by atoms with E-state index < -0.39 is 11.6 Å². The molecule has 0 radical (unpaired) electrons. The van der Waals surface area contributed by atoms with E-state index in [-0.39, 0.29) is 17.0 Å². The second kappa shape index (κ2) is 5.24. The molecular formula is C15H9F2N3O. The number of benzene rings is 2. The van der Waals surface area contributed by atoms with E-state index >= 15 is 0 Å². The fraction of sp³-hybridized carbons (Fsp3) is 0. The van der Waals surface area contributed by atoms with Crippen molar-refractivity contribution in [3.05, 3.63) is 65.9 Å². The molecule has 0 bridgehead atoms. The van der Waals surface area contributed by atoms with Crippen molar-refractivity contribution < 1.29 is 13.6 Å². The fourth-order valence-electron chi connectivity index (χ4n) is 2.07. The first-order chi connectivity index (χ1) is 10.2. The van der Waals surface area contributed by atoms with Crippen molar-refractivity contribution in [2.45, 2.75) is 0 Å². The Morgan fingerprint density at radius 3 is 2.57 bits per heavy atom. The lowest BCUT2D eigenvalue weighted by atomic mass is 10.1. The summed E-state index contributed by atoms with van der Waals surface area (Å²) in [5.41, 5.74) is 0.709. The maximum atomic E-state index is 14.0. The highest BCUT2D eigenvalue weighted by atomic mass is 19.1. The van der Waals surface area contributed by atoms with Gasteiger partial charge in [-0.1, -0.05) is 23.4 Å². The van der Waals surface area contributed by atoms with Gasteiger partial charge in [0.25, 0.3) is 0 Å². The highest BCUT2D eigenvalue weighted by Crippen LogP contribution is 2.26. The molecule has 2 aromatic carbocycles. The summed E-state index contributed by atoms with van der Waals surface area (Å²) in [6, 6.07) is 11.6. The van der Waals surface area contributed by atoms with E-state index in [4.69, 9.17) is 0 Å². The average Bonchev–Trinajstić information content (AvgIpc) is 2.91. The van der Waals surface area contributed by atoms with Crippen molar-refractivity contribution in [2.75, 3.05) is 0 Å². The number of hydrogen-bond acceptors (Lipinski definition) is 3. The molecule has 21 heavy (non-hydrogen) atoms. The fourth-order valence-corrected chi connectivity index (χ4v) is 2.07.